The van der Waals surface area contributed by atoms with Gasteiger partial charge in [0.05, 0.1) is 6.04 Å². The first-order valence-electron chi connectivity index (χ1n) is 10.9. The van der Waals surface area contributed by atoms with Crippen LogP contribution in [0.2, 0.25) is 5.02 Å². The zero-order valence-corrected chi connectivity index (χ0v) is 18.1. The Hall–Kier alpha value is -2.71. The topological polar surface area (TPSA) is 17.0 Å². The predicted octanol–water partition coefficient (Wildman–Crippen LogP) is 7.60. The number of halogens is 1. The Labute approximate surface area is 182 Å². The van der Waals surface area contributed by atoms with E-state index in [1.165, 1.54) is 44.2 Å². The molecule has 1 aliphatic heterocycles. The van der Waals surface area contributed by atoms with Crippen LogP contribution < -0.4 is 5.32 Å². The average Bonchev–Trinajstić information content (AvgIpc) is 3.38. The van der Waals surface area contributed by atoms with Gasteiger partial charge in [-0.2, -0.15) is 0 Å². The lowest BCUT2D eigenvalue weighted by Gasteiger charge is -2.39. The summed E-state index contributed by atoms with van der Waals surface area (Å²) in [7, 11) is 0. The summed E-state index contributed by atoms with van der Waals surface area (Å²) in [5.41, 5.74) is 7.76. The average molecular weight is 413 g/mol. The molecule has 0 spiro atoms. The molecule has 1 aliphatic carbocycles. The molecule has 1 aromatic heterocycles. The van der Waals surface area contributed by atoms with E-state index in [-0.39, 0.29) is 6.04 Å². The number of nitrogens with one attached hydrogen (secondary N) is 1. The van der Waals surface area contributed by atoms with Crippen molar-refractivity contribution in [3.8, 4) is 0 Å². The molecule has 3 heteroatoms. The first kappa shape index (κ1) is 18.1. The van der Waals surface area contributed by atoms with Gasteiger partial charge in [0.25, 0.3) is 0 Å². The van der Waals surface area contributed by atoms with Gasteiger partial charge in [0.1, 0.15) is 0 Å². The molecule has 2 heterocycles. The fourth-order valence-corrected chi connectivity index (χ4v) is 6.03. The molecular weight excluding hydrogens is 388 g/mol. The molecule has 3 unspecified atom stereocenters. The highest BCUT2D eigenvalue weighted by atomic mass is 35.5. The van der Waals surface area contributed by atoms with Gasteiger partial charge in [-0.05, 0) is 61.6 Å². The number of hydrogen-bond donors (Lipinski definition) is 1. The minimum atomic E-state index is 0.280. The van der Waals surface area contributed by atoms with E-state index in [2.05, 4.69) is 84.4 Å². The van der Waals surface area contributed by atoms with Crippen molar-refractivity contribution >= 4 is 39.1 Å². The minimum Gasteiger partial charge on any atom is -0.377 e. The normalized spacial score (nSPS) is 22.3. The van der Waals surface area contributed by atoms with Gasteiger partial charge in [-0.25, -0.2) is 0 Å². The third-order valence-electron chi connectivity index (χ3n) is 7.15. The maximum absolute atomic E-state index is 6.66. The number of para-hydroxylation sites is 1. The second kappa shape index (κ2) is 6.65. The van der Waals surface area contributed by atoms with Gasteiger partial charge in [0.2, 0.25) is 0 Å². The summed E-state index contributed by atoms with van der Waals surface area (Å²) >= 11 is 6.66. The Kier molecular flexibility index (Phi) is 4.01. The van der Waals surface area contributed by atoms with E-state index in [1.807, 2.05) is 6.07 Å². The number of nitrogens with zero attached hydrogens (tertiary/aromatic N) is 1. The summed E-state index contributed by atoms with van der Waals surface area (Å²) in [6.07, 6.45) is 5.78. The summed E-state index contributed by atoms with van der Waals surface area (Å²) in [6.45, 7) is 5.38. The molecule has 0 saturated carbocycles. The van der Waals surface area contributed by atoms with Crippen molar-refractivity contribution in [2.45, 2.75) is 38.8 Å². The van der Waals surface area contributed by atoms with Crippen molar-refractivity contribution in [1.82, 2.24) is 4.57 Å². The molecule has 3 aromatic carbocycles. The van der Waals surface area contributed by atoms with Crippen LogP contribution in [0, 0.1) is 12.8 Å². The lowest BCUT2D eigenvalue weighted by molar-refractivity contribution is 0.425. The van der Waals surface area contributed by atoms with E-state index in [9.17, 15) is 0 Å². The molecule has 0 radical (unpaired) electrons. The Morgan fingerprint density at radius 1 is 1.03 bits per heavy atom. The number of rotatable bonds is 2. The van der Waals surface area contributed by atoms with Gasteiger partial charge in [0, 0.05) is 50.5 Å². The van der Waals surface area contributed by atoms with Crippen LogP contribution in [0.1, 0.15) is 42.0 Å². The molecule has 0 fully saturated rings. The molecular formula is C27H25ClN2. The number of aromatic nitrogens is 1. The van der Waals surface area contributed by atoms with Crippen molar-refractivity contribution in [1.29, 1.82) is 0 Å². The first-order valence-corrected chi connectivity index (χ1v) is 11.3. The molecule has 1 N–H and O–H groups in total. The van der Waals surface area contributed by atoms with Crippen molar-refractivity contribution in [2.75, 3.05) is 5.32 Å². The highest BCUT2D eigenvalue weighted by Crippen LogP contribution is 2.53. The van der Waals surface area contributed by atoms with E-state index < -0.39 is 0 Å². The summed E-state index contributed by atoms with van der Waals surface area (Å²) in [4.78, 5) is 0. The van der Waals surface area contributed by atoms with Gasteiger partial charge >= 0.3 is 0 Å². The van der Waals surface area contributed by atoms with Crippen molar-refractivity contribution in [3.63, 3.8) is 0 Å². The van der Waals surface area contributed by atoms with Crippen molar-refractivity contribution in [2.24, 2.45) is 5.92 Å². The molecule has 6 rings (SSSR count). The fraction of sp³-hybridized carbons (Fsp3) is 0.259. The van der Waals surface area contributed by atoms with E-state index in [0.29, 0.717) is 11.8 Å². The standard InChI is InChI=1S/C27H25ClN2/c1-3-30-23-10-5-4-7-18(23)21-15-17(12-14-24(21)30)27-20-9-6-8-19(20)25-22(28)13-11-16(2)26(25)29-27/h4-8,10-15,19-20,27,29H,3,9H2,1-2H3. The van der Waals surface area contributed by atoms with Gasteiger partial charge in [0.15, 0.2) is 0 Å². The van der Waals surface area contributed by atoms with Crippen LogP contribution >= 0.6 is 11.6 Å². The summed E-state index contributed by atoms with van der Waals surface area (Å²) in [5, 5.41) is 7.47. The Morgan fingerprint density at radius 2 is 1.87 bits per heavy atom. The van der Waals surface area contributed by atoms with Gasteiger partial charge in [-0.15, -0.1) is 0 Å². The maximum Gasteiger partial charge on any atom is 0.0554 e. The Balaban J connectivity index is 1.54. The molecule has 4 aromatic rings. The van der Waals surface area contributed by atoms with Gasteiger partial charge in [-0.3, -0.25) is 0 Å². The predicted molar refractivity (Wildman–Crippen MR) is 128 cm³/mol. The first-order chi connectivity index (χ1) is 14.7. The van der Waals surface area contributed by atoms with Crippen LogP contribution in [0.15, 0.2) is 66.7 Å². The molecule has 0 bridgehead atoms. The number of allylic oxidation sites excluding steroid dienone is 2. The molecule has 30 heavy (non-hydrogen) atoms. The van der Waals surface area contributed by atoms with Crippen molar-refractivity contribution in [3.05, 3.63) is 88.5 Å². The number of hydrogen-bond acceptors (Lipinski definition) is 1. The van der Waals surface area contributed by atoms with Crippen LogP contribution in [-0.2, 0) is 6.54 Å². The van der Waals surface area contributed by atoms with Gasteiger partial charge < -0.3 is 9.88 Å². The highest BCUT2D eigenvalue weighted by Gasteiger charge is 2.39. The third kappa shape index (κ3) is 2.43. The lowest BCUT2D eigenvalue weighted by Crippen LogP contribution is -2.29. The highest BCUT2D eigenvalue weighted by molar-refractivity contribution is 6.32. The van der Waals surface area contributed by atoms with Crippen LogP contribution in [-0.4, -0.2) is 4.57 Å². The van der Waals surface area contributed by atoms with E-state index >= 15 is 0 Å². The summed E-state index contributed by atoms with van der Waals surface area (Å²) in [5.74, 6) is 0.875. The zero-order chi connectivity index (χ0) is 20.4. The molecule has 2 nitrogen and oxygen atoms in total. The smallest absolute Gasteiger partial charge is 0.0554 e. The zero-order valence-electron chi connectivity index (χ0n) is 17.3. The molecule has 0 saturated heterocycles. The van der Waals surface area contributed by atoms with Gasteiger partial charge in [-0.1, -0.05) is 54.1 Å². The van der Waals surface area contributed by atoms with E-state index in [1.54, 1.807) is 0 Å². The molecule has 150 valence electrons. The second-order valence-electron chi connectivity index (χ2n) is 8.67. The maximum atomic E-state index is 6.66. The molecule has 0 amide bonds. The number of benzene rings is 3. The second-order valence-corrected chi connectivity index (χ2v) is 9.07. The lowest BCUT2D eigenvalue weighted by atomic mass is 9.76. The van der Waals surface area contributed by atoms with Crippen molar-refractivity contribution < 1.29 is 0 Å². The quantitative estimate of drug-likeness (QED) is 0.335. The van der Waals surface area contributed by atoms with E-state index in [0.717, 1.165) is 18.0 Å². The van der Waals surface area contributed by atoms with Crippen LogP contribution in [0.4, 0.5) is 5.69 Å². The number of anilines is 1. The van der Waals surface area contributed by atoms with Crippen LogP contribution in [0.3, 0.4) is 0 Å². The van der Waals surface area contributed by atoms with Crippen LogP contribution in [0.5, 0.6) is 0 Å². The Morgan fingerprint density at radius 3 is 2.73 bits per heavy atom. The monoisotopic (exact) mass is 412 g/mol. The van der Waals surface area contributed by atoms with E-state index in [4.69, 9.17) is 11.6 Å². The largest absolute Gasteiger partial charge is 0.377 e. The SMILES string of the molecule is CCn1c2ccccc2c2cc(C3Nc4c(C)ccc(Cl)c4C4C=CCC43)ccc21. The molecule has 2 aliphatic rings. The van der Waals surface area contributed by atoms with Crippen LogP contribution in [0.25, 0.3) is 21.8 Å². The minimum absolute atomic E-state index is 0.280. The summed E-state index contributed by atoms with van der Waals surface area (Å²) < 4.78 is 2.42. The number of aryl methyl sites for hydroxylation is 2. The molecule has 3 atom stereocenters. The third-order valence-corrected chi connectivity index (χ3v) is 7.48. The fourth-order valence-electron chi connectivity index (χ4n) is 5.74. The summed E-state index contributed by atoms with van der Waals surface area (Å²) in [6, 6.07) is 20.3. The Bertz CT molecular complexity index is 1330. The number of fused-ring (bicyclic) bond motifs is 6.